The Morgan fingerprint density at radius 3 is 2.58 bits per heavy atom. The summed E-state index contributed by atoms with van der Waals surface area (Å²) in [7, 11) is -3.27. The average Bonchev–Trinajstić information content (AvgIpc) is 2.73. The molecular weight excluding hydrogens is 404 g/mol. The van der Waals surface area contributed by atoms with Crippen molar-refractivity contribution in [3.63, 3.8) is 0 Å². The third-order valence-electron chi connectivity index (χ3n) is 6.97. The smallest absolute Gasteiger partial charge is 0.229 e. The fourth-order valence-corrected chi connectivity index (χ4v) is 5.44. The zero-order valence-electron chi connectivity index (χ0n) is 18.6. The number of nitrogens with zero attached hydrogens (tertiary/aromatic N) is 1. The van der Waals surface area contributed by atoms with Gasteiger partial charge in [0, 0.05) is 18.8 Å². The van der Waals surface area contributed by atoms with E-state index in [2.05, 4.69) is 72.0 Å². The van der Waals surface area contributed by atoms with Gasteiger partial charge in [-0.3, -0.25) is 4.72 Å². The van der Waals surface area contributed by atoms with Crippen molar-refractivity contribution in [3.05, 3.63) is 77.9 Å². The van der Waals surface area contributed by atoms with Crippen LogP contribution in [0.1, 0.15) is 31.4 Å². The molecule has 4 rings (SSSR count). The van der Waals surface area contributed by atoms with Crippen molar-refractivity contribution in [1.82, 2.24) is 4.90 Å². The standard InChI is InChI=1S/C26H32N2O2S/c1-20-19-28(16-14-22-10-6-9-21-8-4-5-13-25(21)22)17-15-26(20,2)23-11-7-12-24(18-23)27-31(3,29)30/h4-13,18,20,27H,14-17,19H2,1-3H3/t20-,26-/m0/s1. The summed E-state index contributed by atoms with van der Waals surface area (Å²) in [5.41, 5.74) is 3.30. The molecule has 3 aromatic carbocycles. The summed E-state index contributed by atoms with van der Waals surface area (Å²) in [6.45, 7) is 7.80. The minimum Gasteiger partial charge on any atom is -0.303 e. The highest BCUT2D eigenvalue weighted by molar-refractivity contribution is 7.92. The maximum absolute atomic E-state index is 11.6. The maximum atomic E-state index is 11.6. The Hall–Kier alpha value is -2.37. The maximum Gasteiger partial charge on any atom is 0.229 e. The van der Waals surface area contributed by atoms with E-state index in [1.54, 1.807) is 0 Å². The van der Waals surface area contributed by atoms with Gasteiger partial charge in [-0.25, -0.2) is 8.42 Å². The monoisotopic (exact) mass is 436 g/mol. The highest BCUT2D eigenvalue weighted by Crippen LogP contribution is 2.40. The van der Waals surface area contributed by atoms with Crippen LogP contribution in [0.5, 0.6) is 0 Å². The van der Waals surface area contributed by atoms with E-state index < -0.39 is 10.0 Å². The molecule has 1 fully saturated rings. The van der Waals surface area contributed by atoms with Crippen LogP contribution in [0.25, 0.3) is 10.8 Å². The van der Waals surface area contributed by atoms with Crippen molar-refractivity contribution in [3.8, 4) is 0 Å². The number of rotatable bonds is 6. The predicted octanol–water partition coefficient (Wildman–Crippen LogP) is 5.05. The number of hydrogen-bond donors (Lipinski definition) is 1. The molecule has 0 radical (unpaired) electrons. The molecule has 31 heavy (non-hydrogen) atoms. The largest absolute Gasteiger partial charge is 0.303 e. The molecule has 2 atom stereocenters. The van der Waals surface area contributed by atoms with Crippen molar-refractivity contribution in [2.24, 2.45) is 5.92 Å². The SMILES string of the molecule is C[C@H]1CN(CCc2cccc3ccccc23)CC[C@]1(C)c1cccc(NS(C)(=O)=O)c1. The van der Waals surface area contributed by atoms with Crippen molar-refractivity contribution in [2.45, 2.75) is 32.1 Å². The minimum atomic E-state index is -3.27. The van der Waals surface area contributed by atoms with Crippen LogP contribution in [0.4, 0.5) is 5.69 Å². The Balaban J connectivity index is 1.44. The quantitative estimate of drug-likeness (QED) is 0.588. The second-order valence-electron chi connectivity index (χ2n) is 9.21. The number of anilines is 1. The molecule has 1 saturated heterocycles. The zero-order chi connectivity index (χ0) is 22.1. The summed E-state index contributed by atoms with van der Waals surface area (Å²) in [6.07, 6.45) is 3.31. The van der Waals surface area contributed by atoms with Gasteiger partial charge in [-0.1, -0.05) is 68.4 Å². The molecule has 164 valence electrons. The summed E-state index contributed by atoms with van der Waals surface area (Å²) >= 11 is 0. The molecule has 0 unspecified atom stereocenters. The van der Waals surface area contributed by atoms with Gasteiger partial charge >= 0.3 is 0 Å². The van der Waals surface area contributed by atoms with Crippen molar-refractivity contribution in [1.29, 1.82) is 0 Å². The van der Waals surface area contributed by atoms with Gasteiger partial charge in [0.25, 0.3) is 0 Å². The van der Waals surface area contributed by atoms with E-state index in [9.17, 15) is 8.42 Å². The lowest BCUT2D eigenvalue weighted by molar-refractivity contribution is 0.112. The van der Waals surface area contributed by atoms with E-state index in [-0.39, 0.29) is 5.41 Å². The molecule has 0 aromatic heterocycles. The summed E-state index contributed by atoms with van der Waals surface area (Å²) in [4.78, 5) is 2.58. The number of piperidine rings is 1. The second-order valence-corrected chi connectivity index (χ2v) is 11.0. The second kappa shape index (κ2) is 8.64. The highest BCUT2D eigenvalue weighted by atomic mass is 32.2. The van der Waals surface area contributed by atoms with Gasteiger partial charge in [-0.2, -0.15) is 0 Å². The Morgan fingerprint density at radius 1 is 1.06 bits per heavy atom. The Bertz CT molecular complexity index is 1170. The summed E-state index contributed by atoms with van der Waals surface area (Å²) < 4.78 is 25.9. The first kappa shape index (κ1) is 21.8. The molecule has 0 amide bonds. The van der Waals surface area contributed by atoms with Crippen LogP contribution in [0.2, 0.25) is 0 Å². The normalized spacial score (nSPS) is 22.5. The van der Waals surface area contributed by atoms with E-state index in [4.69, 9.17) is 0 Å². The van der Waals surface area contributed by atoms with Gasteiger partial charge in [-0.15, -0.1) is 0 Å². The topological polar surface area (TPSA) is 49.4 Å². The first-order chi connectivity index (χ1) is 14.7. The highest BCUT2D eigenvalue weighted by Gasteiger charge is 2.38. The van der Waals surface area contributed by atoms with Gasteiger partial charge in [0.1, 0.15) is 0 Å². The molecule has 4 nitrogen and oxygen atoms in total. The molecule has 1 aliphatic heterocycles. The Kier molecular flexibility index (Phi) is 6.09. The van der Waals surface area contributed by atoms with Crippen LogP contribution in [-0.2, 0) is 21.9 Å². The van der Waals surface area contributed by atoms with E-state index in [0.29, 0.717) is 11.6 Å². The molecular formula is C26H32N2O2S. The predicted molar refractivity (Wildman–Crippen MR) is 130 cm³/mol. The molecule has 3 aromatic rings. The fourth-order valence-electron chi connectivity index (χ4n) is 4.89. The molecule has 5 heteroatoms. The number of nitrogens with one attached hydrogen (secondary N) is 1. The third kappa shape index (κ3) is 4.94. The van der Waals surface area contributed by atoms with Crippen LogP contribution < -0.4 is 4.72 Å². The molecule has 1 N–H and O–H groups in total. The van der Waals surface area contributed by atoms with Crippen LogP contribution in [-0.4, -0.2) is 39.2 Å². The zero-order valence-corrected chi connectivity index (χ0v) is 19.5. The Morgan fingerprint density at radius 2 is 1.81 bits per heavy atom. The molecule has 1 aliphatic rings. The van der Waals surface area contributed by atoms with Crippen LogP contribution in [0, 0.1) is 5.92 Å². The van der Waals surface area contributed by atoms with Crippen LogP contribution in [0.15, 0.2) is 66.7 Å². The van der Waals surface area contributed by atoms with Crippen LogP contribution in [0.3, 0.4) is 0 Å². The fraction of sp³-hybridized carbons (Fsp3) is 0.385. The first-order valence-corrected chi connectivity index (χ1v) is 12.9. The molecule has 0 aliphatic carbocycles. The summed E-state index contributed by atoms with van der Waals surface area (Å²) in [6, 6.07) is 23.1. The van der Waals surface area contributed by atoms with Gasteiger partial charge in [0.2, 0.25) is 10.0 Å². The van der Waals surface area contributed by atoms with Gasteiger partial charge in [0.05, 0.1) is 6.26 Å². The van der Waals surface area contributed by atoms with E-state index in [1.807, 2.05) is 18.2 Å². The Labute approximate surface area is 186 Å². The first-order valence-electron chi connectivity index (χ1n) is 11.0. The van der Waals surface area contributed by atoms with Gasteiger partial charge < -0.3 is 4.90 Å². The number of hydrogen-bond acceptors (Lipinski definition) is 3. The number of fused-ring (bicyclic) bond motifs is 1. The average molecular weight is 437 g/mol. The minimum absolute atomic E-state index is 0.0329. The number of likely N-dealkylation sites (tertiary alicyclic amines) is 1. The van der Waals surface area contributed by atoms with Crippen molar-refractivity contribution < 1.29 is 8.42 Å². The molecule has 0 bridgehead atoms. The molecule has 1 heterocycles. The number of benzene rings is 3. The van der Waals surface area contributed by atoms with E-state index in [1.165, 1.54) is 28.2 Å². The number of sulfonamides is 1. The van der Waals surface area contributed by atoms with Gasteiger partial charge in [-0.05, 0) is 64.8 Å². The van der Waals surface area contributed by atoms with E-state index >= 15 is 0 Å². The lowest BCUT2D eigenvalue weighted by Gasteiger charge is -2.45. The summed E-state index contributed by atoms with van der Waals surface area (Å²) in [5.74, 6) is 0.474. The molecule has 0 saturated carbocycles. The summed E-state index contributed by atoms with van der Waals surface area (Å²) in [5, 5.41) is 2.66. The lowest BCUT2D eigenvalue weighted by Crippen LogP contribution is -2.47. The molecule has 0 spiro atoms. The van der Waals surface area contributed by atoms with Gasteiger partial charge in [0.15, 0.2) is 0 Å². The van der Waals surface area contributed by atoms with E-state index in [0.717, 1.165) is 32.5 Å². The lowest BCUT2D eigenvalue weighted by atomic mass is 9.68. The third-order valence-corrected chi connectivity index (χ3v) is 7.58. The van der Waals surface area contributed by atoms with Crippen molar-refractivity contribution in [2.75, 3.05) is 30.6 Å². The van der Waals surface area contributed by atoms with Crippen LogP contribution >= 0.6 is 0 Å². The van der Waals surface area contributed by atoms with Crippen molar-refractivity contribution >= 4 is 26.5 Å².